The molecule has 0 saturated heterocycles. The lowest BCUT2D eigenvalue weighted by atomic mass is 9.93. The number of nitrogens with zero attached hydrogens (tertiary/aromatic N) is 3. The van der Waals surface area contributed by atoms with E-state index in [-0.39, 0.29) is 12.5 Å². The normalized spacial score (nSPS) is 11.6. The fourth-order valence-electron chi connectivity index (χ4n) is 3.06. The summed E-state index contributed by atoms with van der Waals surface area (Å²) in [5.41, 5.74) is 4.95. The standard InChI is InChI=1S/C22H21N3O2/c1-15-5-4-6-20(16(15)2)17(3)21-24-11-12-25(21)22(26)27-14-19-9-7-18(13-23)8-10-19/h4-12,17H,14H2,1-3H3/t17-/m0/s1. The second-order valence-electron chi connectivity index (χ2n) is 6.53. The smallest absolute Gasteiger partial charge is 0.419 e. The number of hydrogen-bond acceptors (Lipinski definition) is 4. The zero-order valence-electron chi connectivity index (χ0n) is 15.6. The van der Waals surface area contributed by atoms with Gasteiger partial charge in [-0.15, -0.1) is 0 Å². The number of benzene rings is 2. The van der Waals surface area contributed by atoms with E-state index in [0.717, 1.165) is 11.1 Å². The molecular formula is C22H21N3O2. The Hall–Kier alpha value is -3.39. The maximum atomic E-state index is 12.6. The van der Waals surface area contributed by atoms with E-state index in [0.29, 0.717) is 11.4 Å². The van der Waals surface area contributed by atoms with Gasteiger partial charge in [0.1, 0.15) is 12.4 Å². The molecule has 3 rings (SSSR count). The van der Waals surface area contributed by atoms with Crippen molar-refractivity contribution < 1.29 is 9.53 Å². The number of imidazole rings is 1. The number of carbonyl (C=O) groups is 1. The Morgan fingerprint density at radius 2 is 1.96 bits per heavy atom. The van der Waals surface area contributed by atoms with E-state index in [9.17, 15) is 4.79 Å². The third-order valence-corrected chi connectivity index (χ3v) is 4.81. The van der Waals surface area contributed by atoms with Gasteiger partial charge in [-0.1, -0.05) is 37.3 Å². The summed E-state index contributed by atoms with van der Waals surface area (Å²) in [4.78, 5) is 16.9. The molecule has 0 N–H and O–H groups in total. The molecule has 0 saturated carbocycles. The molecule has 0 radical (unpaired) electrons. The van der Waals surface area contributed by atoms with Gasteiger partial charge >= 0.3 is 6.09 Å². The third-order valence-electron chi connectivity index (χ3n) is 4.81. The van der Waals surface area contributed by atoms with Crippen LogP contribution in [0.15, 0.2) is 54.9 Å². The monoisotopic (exact) mass is 359 g/mol. The van der Waals surface area contributed by atoms with Gasteiger partial charge in [0.15, 0.2) is 0 Å². The molecule has 0 aliphatic heterocycles. The summed E-state index contributed by atoms with van der Waals surface area (Å²) >= 11 is 0. The van der Waals surface area contributed by atoms with Crippen LogP contribution in [0.1, 0.15) is 46.5 Å². The van der Waals surface area contributed by atoms with Gasteiger partial charge in [0, 0.05) is 18.3 Å². The summed E-state index contributed by atoms with van der Waals surface area (Å²) in [5, 5.41) is 8.84. The van der Waals surface area contributed by atoms with Gasteiger partial charge in [0.05, 0.1) is 11.6 Å². The van der Waals surface area contributed by atoms with Gasteiger partial charge in [-0.3, -0.25) is 0 Å². The van der Waals surface area contributed by atoms with Crippen molar-refractivity contribution in [1.82, 2.24) is 9.55 Å². The summed E-state index contributed by atoms with van der Waals surface area (Å²) in [7, 11) is 0. The first-order valence-electron chi connectivity index (χ1n) is 8.76. The van der Waals surface area contributed by atoms with Crippen LogP contribution in [-0.4, -0.2) is 15.6 Å². The molecule has 0 fully saturated rings. The maximum Gasteiger partial charge on any atom is 0.419 e. The van der Waals surface area contributed by atoms with Crippen LogP contribution in [-0.2, 0) is 11.3 Å². The minimum atomic E-state index is -0.469. The lowest BCUT2D eigenvalue weighted by Crippen LogP contribution is -2.18. The molecule has 5 heteroatoms. The van der Waals surface area contributed by atoms with Crippen molar-refractivity contribution in [2.75, 3.05) is 0 Å². The van der Waals surface area contributed by atoms with Crippen LogP contribution in [0.2, 0.25) is 0 Å². The number of aryl methyl sites for hydroxylation is 1. The SMILES string of the molecule is Cc1cccc([C@H](C)c2nccn2C(=O)OCc2ccc(C#N)cc2)c1C. The van der Waals surface area contributed by atoms with Crippen LogP contribution >= 0.6 is 0 Å². The second kappa shape index (κ2) is 7.88. The van der Waals surface area contributed by atoms with Gasteiger partial charge in [0.2, 0.25) is 0 Å². The average Bonchev–Trinajstić information content (AvgIpc) is 3.18. The van der Waals surface area contributed by atoms with Crippen molar-refractivity contribution in [3.63, 3.8) is 0 Å². The predicted molar refractivity (Wildman–Crippen MR) is 102 cm³/mol. The van der Waals surface area contributed by atoms with Gasteiger partial charge in [-0.25, -0.2) is 14.3 Å². The van der Waals surface area contributed by atoms with E-state index in [2.05, 4.69) is 37.0 Å². The molecule has 136 valence electrons. The Bertz CT molecular complexity index is 997. The Labute approximate surface area is 158 Å². The van der Waals surface area contributed by atoms with Crippen LogP contribution in [0, 0.1) is 25.2 Å². The lowest BCUT2D eigenvalue weighted by molar-refractivity contribution is 0.140. The van der Waals surface area contributed by atoms with Gasteiger partial charge < -0.3 is 4.74 Å². The van der Waals surface area contributed by atoms with Gasteiger partial charge in [-0.05, 0) is 48.2 Å². The van der Waals surface area contributed by atoms with Crippen molar-refractivity contribution in [2.24, 2.45) is 0 Å². The van der Waals surface area contributed by atoms with Gasteiger partial charge in [0.25, 0.3) is 0 Å². The number of ether oxygens (including phenoxy) is 1. The van der Waals surface area contributed by atoms with Crippen LogP contribution in [0.25, 0.3) is 0 Å². The second-order valence-corrected chi connectivity index (χ2v) is 6.53. The molecule has 0 spiro atoms. The summed E-state index contributed by atoms with van der Waals surface area (Å²) in [5.74, 6) is 0.607. The number of hydrogen-bond donors (Lipinski definition) is 0. The largest absolute Gasteiger partial charge is 0.444 e. The molecule has 0 unspecified atom stereocenters. The zero-order valence-corrected chi connectivity index (χ0v) is 15.6. The number of carbonyl (C=O) groups excluding carboxylic acids is 1. The first-order chi connectivity index (χ1) is 13.0. The topological polar surface area (TPSA) is 67.9 Å². The van der Waals surface area contributed by atoms with Crippen LogP contribution in [0.4, 0.5) is 4.79 Å². The predicted octanol–water partition coefficient (Wildman–Crippen LogP) is 4.71. The fraction of sp³-hybridized carbons (Fsp3) is 0.227. The molecular weight excluding hydrogens is 338 g/mol. The highest BCUT2D eigenvalue weighted by molar-refractivity contribution is 5.71. The summed E-state index contributed by atoms with van der Waals surface area (Å²) in [6.45, 7) is 6.33. The molecule has 1 aromatic heterocycles. The van der Waals surface area contributed by atoms with Crippen LogP contribution in [0.5, 0.6) is 0 Å². The van der Waals surface area contributed by atoms with Crippen LogP contribution in [0.3, 0.4) is 0 Å². The summed E-state index contributed by atoms with van der Waals surface area (Å²) in [6.07, 6.45) is 2.77. The highest BCUT2D eigenvalue weighted by Gasteiger charge is 2.20. The van der Waals surface area contributed by atoms with E-state index < -0.39 is 6.09 Å². The molecule has 0 aliphatic rings. The molecule has 2 aromatic carbocycles. The summed E-state index contributed by atoms with van der Waals surface area (Å²) < 4.78 is 6.88. The van der Waals surface area contributed by atoms with E-state index in [1.165, 1.54) is 15.7 Å². The summed E-state index contributed by atoms with van der Waals surface area (Å²) in [6, 6.07) is 15.2. The molecule has 5 nitrogen and oxygen atoms in total. The van der Waals surface area contributed by atoms with Gasteiger partial charge in [-0.2, -0.15) is 5.26 Å². The van der Waals surface area contributed by atoms with Crippen molar-refractivity contribution >= 4 is 6.09 Å². The molecule has 1 atom stereocenters. The molecule has 3 aromatic rings. The number of aromatic nitrogens is 2. The molecule has 1 heterocycles. The van der Waals surface area contributed by atoms with E-state index >= 15 is 0 Å². The Balaban J connectivity index is 1.76. The number of nitriles is 1. The highest BCUT2D eigenvalue weighted by Crippen LogP contribution is 2.27. The Kier molecular flexibility index (Phi) is 5.37. The Morgan fingerprint density at radius 1 is 1.22 bits per heavy atom. The lowest BCUT2D eigenvalue weighted by Gasteiger charge is -2.17. The van der Waals surface area contributed by atoms with E-state index in [1.54, 1.807) is 36.7 Å². The van der Waals surface area contributed by atoms with Crippen molar-refractivity contribution in [1.29, 1.82) is 5.26 Å². The van der Waals surface area contributed by atoms with Crippen molar-refractivity contribution in [2.45, 2.75) is 33.3 Å². The van der Waals surface area contributed by atoms with Crippen molar-refractivity contribution in [3.05, 3.63) is 88.5 Å². The quantitative estimate of drug-likeness (QED) is 0.676. The fourth-order valence-corrected chi connectivity index (χ4v) is 3.06. The maximum absolute atomic E-state index is 12.6. The van der Waals surface area contributed by atoms with E-state index in [4.69, 9.17) is 10.00 Å². The Morgan fingerprint density at radius 3 is 2.67 bits per heavy atom. The third kappa shape index (κ3) is 3.90. The van der Waals surface area contributed by atoms with E-state index in [1.807, 2.05) is 13.0 Å². The first kappa shape index (κ1) is 18.4. The van der Waals surface area contributed by atoms with Crippen molar-refractivity contribution in [3.8, 4) is 6.07 Å². The zero-order chi connectivity index (χ0) is 19.4. The minimum Gasteiger partial charge on any atom is -0.444 e. The molecule has 27 heavy (non-hydrogen) atoms. The van der Waals surface area contributed by atoms with Crippen LogP contribution < -0.4 is 0 Å². The average molecular weight is 359 g/mol. The molecule has 0 aliphatic carbocycles. The molecule has 0 amide bonds. The highest BCUT2D eigenvalue weighted by atomic mass is 16.5. The number of rotatable bonds is 4. The first-order valence-corrected chi connectivity index (χ1v) is 8.76. The molecule has 0 bridgehead atoms. The minimum absolute atomic E-state index is 0.0395.